The summed E-state index contributed by atoms with van der Waals surface area (Å²) in [6.07, 6.45) is 4.46. The number of carboxylic acids is 1. The first kappa shape index (κ1) is 29.7. The maximum Gasteiger partial charge on any atom is 1.00 e. The number of carboxylic acid groups (broad SMARTS) is 1. The molecule has 3 aromatic rings. The van der Waals surface area contributed by atoms with E-state index in [0.29, 0.717) is 22.9 Å². The van der Waals surface area contributed by atoms with Crippen LogP contribution in [0.3, 0.4) is 0 Å². The minimum atomic E-state index is -1.04. The number of aliphatic carboxylic acids is 1. The van der Waals surface area contributed by atoms with Crippen molar-refractivity contribution in [3.05, 3.63) is 70.9 Å². The zero-order valence-corrected chi connectivity index (χ0v) is 24.6. The normalized spacial score (nSPS) is 11.9. The van der Waals surface area contributed by atoms with E-state index in [2.05, 4.69) is 11.1 Å². The first-order chi connectivity index (χ1) is 16.3. The van der Waals surface area contributed by atoms with Gasteiger partial charge in [0.05, 0.1) is 11.2 Å². The molecule has 1 aromatic heterocycles. The van der Waals surface area contributed by atoms with Crippen LogP contribution in [0.5, 0.6) is 0 Å². The second-order valence-corrected chi connectivity index (χ2v) is 11.9. The zero-order chi connectivity index (χ0) is 24.5. The molecule has 1 amide bonds. The first-order valence-electron chi connectivity index (χ1n) is 10.8. The molecule has 0 radical (unpaired) electrons. The Hall–Kier alpha value is -1.48. The van der Waals surface area contributed by atoms with Crippen LogP contribution in [0.15, 0.2) is 59.5 Å². The third kappa shape index (κ3) is 9.83. The van der Waals surface area contributed by atoms with Gasteiger partial charge in [0, 0.05) is 66.0 Å². The van der Waals surface area contributed by atoms with Crippen LogP contribution in [0, 0.1) is 0 Å². The van der Waals surface area contributed by atoms with Gasteiger partial charge < -0.3 is 14.8 Å². The molecule has 35 heavy (non-hydrogen) atoms. The number of benzene rings is 2. The molecule has 1 heterocycles. The maximum atomic E-state index is 11.8. The number of aromatic nitrogens is 1. The summed E-state index contributed by atoms with van der Waals surface area (Å²) in [5.74, 6) is 0.294. The van der Waals surface area contributed by atoms with Crippen LogP contribution >= 0.6 is 23.4 Å². The molecule has 178 valence electrons. The standard InChI is InChI=1S/C26H27ClN2O3S2.Na/c1-29(2)25(30)12-14-33-18-34(15-13-26(31)32)23-5-3-4-19(16-23)6-10-22-11-8-20-7-9-21(27)17-24(20)28-22;/h3-11,16-17H,12-15,18H2,1-2H3;/q;+1. The van der Waals surface area contributed by atoms with Crippen molar-refractivity contribution in [2.45, 2.75) is 17.7 Å². The monoisotopic (exact) mass is 537 g/mol. The minimum Gasteiger partial charge on any atom is -0.550 e. The van der Waals surface area contributed by atoms with E-state index in [1.807, 2.05) is 60.7 Å². The van der Waals surface area contributed by atoms with Crippen LogP contribution in [0.4, 0.5) is 0 Å². The molecule has 5 nitrogen and oxygen atoms in total. The Morgan fingerprint density at radius 2 is 1.86 bits per heavy atom. The Kier molecular flexibility index (Phi) is 12.7. The molecule has 0 aliphatic rings. The van der Waals surface area contributed by atoms with Gasteiger partial charge in [0.15, 0.2) is 9.98 Å². The molecule has 0 fully saturated rings. The number of fused-ring (bicyclic) bond motifs is 1. The van der Waals surface area contributed by atoms with E-state index in [-0.39, 0.29) is 52.8 Å². The van der Waals surface area contributed by atoms with E-state index < -0.39 is 5.97 Å². The molecule has 0 saturated heterocycles. The quantitative estimate of drug-likeness (QED) is 0.210. The van der Waals surface area contributed by atoms with E-state index in [1.165, 1.54) is 0 Å². The third-order valence-corrected chi connectivity index (χ3v) is 9.20. The fourth-order valence-electron chi connectivity index (χ4n) is 3.17. The van der Waals surface area contributed by atoms with E-state index in [0.717, 1.165) is 32.1 Å². The van der Waals surface area contributed by atoms with Gasteiger partial charge >= 0.3 is 29.6 Å². The Labute approximate surface area is 241 Å². The van der Waals surface area contributed by atoms with Gasteiger partial charge in [-0.3, -0.25) is 4.79 Å². The summed E-state index contributed by atoms with van der Waals surface area (Å²) >= 11 is 7.78. The molecule has 9 heteroatoms. The predicted molar refractivity (Wildman–Crippen MR) is 143 cm³/mol. The van der Waals surface area contributed by atoms with Gasteiger partial charge in [-0.05, 0) is 35.9 Å². The van der Waals surface area contributed by atoms with Gasteiger partial charge in [-0.25, -0.2) is 4.98 Å². The molecule has 0 saturated carbocycles. The van der Waals surface area contributed by atoms with Crippen LogP contribution in [-0.2, 0) is 20.5 Å². The number of hydrogen-bond acceptors (Lipinski definition) is 5. The summed E-state index contributed by atoms with van der Waals surface area (Å²) in [7, 11) is 3.24. The van der Waals surface area contributed by atoms with Gasteiger partial charge in [0.2, 0.25) is 5.91 Å². The second kappa shape index (κ2) is 14.9. The van der Waals surface area contributed by atoms with Crippen molar-refractivity contribution < 1.29 is 44.3 Å². The minimum absolute atomic E-state index is 0. The van der Waals surface area contributed by atoms with Crippen molar-refractivity contribution in [3.63, 3.8) is 0 Å². The van der Waals surface area contributed by atoms with Crippen LogP contribution in [0.1, 0.15) is 24.1 Å². The van der Waals surface area contributed by atoms with Gasteiger partial charge in [-0.15, -0.1) is 11.8 Å². The van der Waals surface area contributed by atoms with Crippen LogP contribution in [0.25, 0.3) is 23.1 Å². The SMILES string of the molecule is CN(C)C(=O)CCSC[S+](CCC(=O)[O-])c1cccc(C=Cc2ccc3ccc(Cl)cc3n2)c1.[Na+]. The van der Waals surface area contributed by atoms with Gasteiger partial charge in [-0.1, -0.05) is 41.9 Å². The molecular weight excluding hydrogens is 511 g/mol. The van der Waals surface area contributed by atoms with Crippen molar-refractivity contribution in [1.29, 1.82) is 0 Å². The Balaban J connectivity index is 0.00000432. The molecule has 3 rings (SSSR count). The summed E-state index contributed by atoms with van der Waals surface area (Å²) in [6.45, 7) is 0. The summed E-state index contributed by atoms with van der Waals surface area (Å²) in [5, 5.41) is 13.5. The molecule has 1 atom stereocenters. The number of pyridine rings is 1. The van der Waals surface area contributed by atoms with E-state index in [1.54, 1.807) is 30.8 Å². The fraction of sp³-hybridized carbons (Fsp3) is 0.269. The van der Waals surface area contributed by atoms with Crippen molar-refractivity contribution in [2.75, 3.05) is 30.7 Å². The summed E-state index contributed by atoms with van der Waals surface area (Å²) in [4.78, 5) is 30.2. The Bertz CT molecular complexity index is 1190. The number of carbonyl (C=O) groups excluding carboxylic acids is 2. The molecule has 2 aromatic carbocycles. The van der Waals surface area contributed by atoms with Gasteiger partial charge in [0.1, 0.15) is 5.75 Å². The predicted octanol–water partition coefficient (Wildman–Crippen LogP) is 1.35. The second-order valence-electron chi connectivity index (χ2n) is 7.86. The van der Waals surface area contributed by atoms with Crippen molar-refractivity contribution in [3.8, 4) is 0 Å². The molecule has 0 N–H and O–H groups in total. The molecule has 0 spiro atoms. The van der Waals surface area contributed by atoms with Crippen LogP contribution in [0.2, 0.25) is 5.02 Å². The van der Waals surface area contributed by atoms with Crippen molar-refractivity contribution in [2.24, 2.45) is 0 Å². The summed E-state index contributed by atoms with van der Waals surface area (Å²) < 4.78 is 0. The number of thioether (sulfide) groups is 1. The average molecular weight is 538 g/mol. The number of rotatable bonds is 11. The molecule has 1 unspecified atom stereocenters. The Morgan fingerprint density at radius 3 is 2.60 bits per heavy atom. The molecule has 0 aliphatic carbocycles. The fourth-order valence-corrected chi connectivity index (χ4v) is 7.17. The first-order valence-corrected chi connectivity index (χ1v) is 13.9. The number of hydrogen-bond donors (Lipinski definition) is 0. The molecule has 0 aliphatic heterocycles. The topological polar surface area (TPSA) is 73.3 Å². The third-order valence-electron chi connectivity index (χ3n) is 5.05. The van der Waals surface area contributed by atoms with E-state index in [9.17, 15) is 14.7 Å². The maximum absolute atomic E-state index is 11.8. The van der Waals surface area contributed by atoms with Crippen LogP contribution < -0.4 is 34.7 Å². The smallest absolute Gasteiger partial charge is 0.550 e. The summed E-state index contributed by atoms with van der Waals surface area (Å²) in [5.41, 5.74) is 2.69. The average Bonchev–Trinajstić information content (AvgIpc) is 2.81. The Morgan fingerprint density at radius 1 is 1.09 bits per heavy atom. The zero-order valence-electron chi connectivity index (χ0n) is 20.2. The van der Waals surface area contributed by atoms with Crippen molar-refractivity contribution in [1.82, 2.24) is 9.88 Å². The van der Waals surface area contributed by atoms with Gasteiger partial charge in [-0.2, -0.15) is 0 Å². The van der Waals surface area contributed by atoms with Gasteiger partial charge in [0.25, 0.3) is 0 Å². The largest absolute Gasteiger partial charge is 1.00 e. The van der Waals surface area contributed by atoms with E-state index >= 15 is 0 Å². The van der Waals surface area contributed by atoms with E-state index in [4.69, 9.17) is 11.6 Å². The number of carbonyl (C=O) groups is 2. The number of halogens is 1. The molecule has 0 bridgehead atoms. The molecular formula is C26H27ClN2NaO3S2+. The van der Waals surface area contributed by atoms with Crippen LogP contribution in [-0.4, -0.2) is 52.4 Å². The number of nitrogens with zero attached hydrogens (tertiary/aromatic N) is 2. The number of amides is 1. The van der Waals surface area contributed by atoms with Crippen molar-refractivity contribution >= 4 is 69.2 Å². The summed E-state index contributed by atoms with van der Waals surface area (Å²) in [6, 6.07) is 17.8.